The van der Waals surface area contributed by atoms with Crippen LogP contribution in [0.5, 0.6) is 0 Å². The summed E-state index contributed by atoms with van der Waals surface area (Å²) in [5.41, 5.74) is 2.50. The molecule has 0 spiro atoms. The zero-order valence-electron chi connectivity index (χ0n) is 19.5. The van der Waals surface area contributed by atoms with Crippen molar-refractivity contribution in [2.45, 2.75) is 76.3 Å². The fourth-order valence-corrected chi connectivity index (χ4v) is 7.44. The van der Waals surface area contributed by atoms with Gasteiger partial charge in [-0.2, -0.15) is 0 Å². The number of carbonyl (C=O) groups is 2. The molecule has 3 fully saturated rings. The molecule has 0 radical (unpaired) electrons. The van der Waals surface area contributed by atoms with Crippen molar-refractivity contribution >= 4 is 11.9 Å². The van der Waals surface area contributed by atoms with E-state index < -0.39 is 5.97 Å². The van der Waals surface area contributed by atoms with Crippen molar-refractivity contribution in [1.29, 1.82) is 0 Å². The number of hydrogen-bond donors (Lipinski definition) is 0. The number of carbonyl (C=O) groups excluding carboxylic acids is 2. The Morgan fingerprint density at radius 2 is 1.97 bits per heavy atom. The van der Waals surface area contributed by atoms with Crippen molar-refractivity contribution in [2.75, 3.05) is 7.05 Å². The zero-order chi connectivity index (χ0) is 22.7. The fourth-order valence-electron chi connectivity index (χ4n) is 7.44. The third-order valence-electron chi connectivity index (χ3n) is 9.39. The Hall–Kier alpha value is -2.40. The summed E-state index contributed by atoms with van der Waals surface area (Å²) in [6.45, 7) is 6.92. The Kier molecular flexibility index (Phi) is 4.90. The molecule has 4 bridgehead atoms. The number of benzene rings is 1. The number of rotatable bonds is 5. The normalized spacial score (nSPS) is 35.4. The van der Waals surface area contributed by atoms with Crippen LogP contribution >= 0.6 is 0 Å². The molecule has 1 saturated carbocycles. The molecule has 5 nitrogen and oxygen atoms in total. The van der Waals surface area contributed by atoms with E-state index in [0.29, 0.717) is 12.5 Å². The maximum Gasteiger partial charge on any atom is 0.318 e. The summed E-state index contributed by atoms with van der Waals surface area (Å²) in [6, 6.07) is 12.8. The third-order valence-corrected chi connectivity index (χ3v) is 9.39. The molecule has 5 atom stereocenters. The van der Waals surface area contributed by atoms with E-state index in [1.165, 1.54) is 11.1 Å². The SMILES string of the molecule is CCC12C[C@]3(C)c4ccccc4CC(N1C)[C@]3(C)CC2C(=O)OC(=O)CCc1ccco1. The minimum atomic E-state index is -0.469. The van der Waals surface area contributed by atoms with Gasteiger partial charge in [-0.15, -0.1) is 0 Å². The highest BCUT2D eigenvalue weighted by molar-refractivity contribution is 5.88. The van der Waals surface area contributed by atoms with Crippen LogP contribution in [-0.4, -0.2) is 35.5 Å². The van der Waals surface area contributed by atoms with E-state index in [-0.39, 0.29) is 34.7 Å². The van der Waals surface area contributed by atoms with Gasteiger partial charge in [0.1, 0.15) is 5.76 Å². The molecular weight excluding hydrogens is 402 g/mol. The van der Waals surface area contributed by atoms with Crippen LogP contribution < -0.4 is 0 Å². The van der Waals surface area contributed by atoms with E-state index >= 15 is 0 Å². The maximum atomic E-state index is 13.4. The van der Waals surface area contributed by atoms with E-state index in [4.69, 9.17) is 9.15 Å². The average molecular weight is 436 g/mol. The lowest BCUT2D eigenvalue weighted by Gasteiger charge is -2.73. The molecule has 170 valence electrons. The minimum absolute atomic E-state index is 0.00486. The summed E-state index contributed by atoms with van der Waals surface area (Å²) in [6.07, 6.45) is 5.69. The topological polar surface area (TPSA) is 59.8 Å². The number of piperidine rings is 2. The van der Waals surface area contributed by atoms with E-state index in [9.17, 15) is 9.59 Å². The Morgan fingerprint density at radius 3 is 2.69 bits per heavy atom. The Bertz CT molecular complexity index is 1050. The van der Waals surface area contributed by atoms with Crippen molar-refractivity contribution in [2.24, 2.45) is 11.3 Å². The molecule has 2 aliphatic carbocycles. The lowest BCUT2D eigenvalue weighted by atomic mass is 9.39. The molecule has 3 unspecified atom stereocenters. The number of furan rings is 1. The van der Waals surface area contributed by atoms with Gasteiger partial charge in [0.2, 0.25) is 0 Å². The average Bonchev–Trinajstić information content (AvgIpc) is 3.29. The van der Waals surface area contributed by atoms with E-state index in [0.717, 1.165) is 31.4 Å². The van der Waals surface area contributed by atoms with Crippen molar-refractivity contribution < 1.29 is 18.7 Å². The van der Waals surface area contributed by atoms with Gasteiger partial charge >= 0.3 is 11.9 Å². The van der Waals surface area contributed by atoms with Crippen LogP contribution in [0.15, 0.2) is 47.1 Å². The monoisotopic (exact) mass is 435 g/mol. The molecule has 2 saturated heterocycles. The highest BCUT2D eigenvalue weighted by atomic mass is 16.6. The van der Waals surface area contributed by atoms with Gasteiger partial charge in [0, 0.05) is 23.4 Å². The smallest absolute Gasteiger partial charge is 0.318 e. The summed E-state index contributed by atoms with van der Waals surface area (Å²) >= 11 is 0. The number of ether oxygens (including phenoxy) is 1. The first-order valence-corrected chi connectivity index (χ1v) is 11.8. The molecule has 2 aromatic rings. The van der Waals surface area contributed by atoms with Crippen LogP contribution in [0.2, 0.25) is 0 Å². The van der Waals surface area contributed by atoms with Gasteiger partial charge in [-0.3, -0.25) is 14.5 Å². The molecule has 6 rings (SSSR count). The molecule has 0 N–H and O–H groups in total. The summed E-state index contributed by atoms with van der Waals surface area (Å²) in [7, 11) is 2.18. The fraction of sp³-hybridized carbons (Fsp3) is 0.556. The molecule has 1 aromatic carbocycles. The highest BCUT2D eigenvalue weighted by Crippen LogP contribution is 2.68. The molecule has 5 heteroatoms. The molecule has 1 aromatic heterocycles. The summed E-state index contributed by atoms with van der Waals surface area (Å²) in [5.74, 6) is -0.403. The van der Waals surface area contributed by atoms with Crippen LogP contribution in [0.1, 0.15) is 63.3 Å². The highest BCUT2D eigenvalue weighted by Gasteiger charge is 2.71. The summed E-state index contributed by atoms with van der Waals surface area (Å²) in [5, 5.41) is 0. The Balaban J connectivity index is 1.42. The lowest BCUT2D eigenvalue weighted by Crippen LogP contribution is -2.79. The number of hydrogen-bond acceptors (Lipinski definition) is 5. The molecule has 32 heavy (non-hydrogen) atoms. The van der Waals surface area contributed by atoms with Gasteiger partial charge in [-0.25, -0.2) is 0 Å². The van der Waals surface area contributed by atoms with Crippen LogP contribution in [0.25, 0.3) is 0 Å². The van der Waals surface area contributed by atoms with E-state index in [1.807, 2.05) is 6.07 Å². The van der Waals surface area contributed by atoms with Gasteiger partial charge in [0.15, 0.2) is 0 Å². The molecule has 4 aliphatic rings. The van der Waals surface area contributed by atoms with Crippen LogP contribution in [0.4, 0.5) is 0 Å². The van der Waals surface area contributed by atoms with E-state index in [1.54, 1.807) is 12.3 Å². The van der Waals surface area contributed by atoms with Crippen molar-refractivity contribution in [3.63, 3.8) is 0 Å². The van der Waals surface area contributed by atoms with Gasteiger partial charge in [0.05, 0.1) is 18.6 Å². The summed E-state index contributed by atoms with van der Waals surface area (Å²) < 4.78 is 10.7. The van der Waals surface area contributed by atoms with Crippen LogP contribution in [0, 0.1) is 11.3 Å². The van der Waals surface area contributed by atoms with Crippen molar-refractivity contribution in [3.05, 3.63) is 59.5 Å². The molecule has 0 amide bonds. The minimum Gasteiger partial charge on any atom is -0.469 e. The van der Waals surface area contributed by atoms with Gasteiger partial charge in [0.25, 0.3) is 0 Å². The van der Waals surface area contributed by atoms with Crippen molar-refractivity contribution in [3.8, 4) is 0 Å². The van der Waals surface area contributed by atoms with Crippen LogP contribution in [-0.2, 0) is 32.6 Å². The second kappa shape index (κ2) is 7.31. The van der Waals surface area contributed by atoms with Gasteiger partial charge < -0.3 is 9.15 Å². The second-order valence-corrected chi connectivity index (χ2v) is 10.5. The Labute approximate surface area is 190 Å². The van der Waals surface area contributed by atoms with Crippen molar-refractivity contribution in [1.82, 2.24) is 4.90 Å². The first-order valence-electron chi connectivity index (χ1n) is 11.8. The maximum absolute atomic E-state index is 13.4. The number of likely N-dealkylation sites (N-methyl/N-ethyl adjacent to an activating group) is 1. The van der Waals surface area contributed by atoms with Gasteiger partial charge in [-0.1, -0.05) is 45.0 Å². The molecule has 3 heterocycles. The zero-order valence-corrected chi connectivity index (χ0v) is 19.5. The quantitative estimate of drug-likeness (QED) is 0.504. The number of nitrogens with zero attached hydrogens (tertiary/aromatic N) is 1. The van der Waals surface area contributed by atoms with E-state index in [2.05, 4.69) is 57.0 Å². The second-order valence-electron chi connectivity index (χ2n) is 10.5. The standard InChI is InChI=1S/C27H33NO4/c1-5-27-17-26(3)20-11-7-6-9-18(20)15-22(28(27)4)25(26,2)16-21(27)24(30)32-23(29)13-12-19-10-8-14-31-19/h6-11,14,21-22H,5,12-13,15-17H2,1-4H3/t21?,22?,25-,26+,27?/m0/s1. The predicted molar refractivity (Wildman–Crippen MR) is 121 cm³/mol. The first kappa shape index (κ1) is 21.4. The predicted octanol–water partition coefficient (Wildman–Crippen LogP) is 4.68. The van der Waals surface area contributed by atoms with Gasteiger partial charge in [-0.05, 0) is 61.4 Å². The Morgan fingerprint density at radius 1 is 1.19 bits per heavy atom. The number of aryl methyl sites for hydroxylation is 1. The number of fused-ring (bicyclic) bond motifs is 2. The number of esters is 2. The first-order chi connectivity index (χ1) is 15.2. The third kappa shape index (κ3) is 2.79. The molecule has 2 aliphatic heterocycles. The largest absolute Gasteiger partial charge is 0.469 e. The lowest BCUT2D eigenvalue weighted by molar-refractivity contribution is -0.213. The molecular formula is C27H33NO4. The van der Waals surface area contributed by atoms with Crippen LogP contribution in [0.3, 0.4) is 0 Å². The summed E-state index contributed by atoms with van der Waals surface area (Å²) in [4.78, 5) is 28.3.